The first kappa shape index (κ1) is 83.5. The second kappa shape index (κ2) is 38.2. The van der Waals surface area contributed by atoms with Crippen molar-refractivity contribution in [1.82, 2.24) is 0 Å². The Bertz CT molecular complexity index is 2280. The summed E-state index contributed by atoms with van der Waals surface area (Å²) in [6, 6.07) is 0. The molecule has 0 saturated carbocycles. The molecule has 0 radical (unpaired) electrons. The highest BCUT2D eigenvalue weighted by Crippen LogP contribution is 2.51. The van der Waals surface area contributed by atoms with Gasteiger partial charge in [0.25, 0.3) is 0 Å². The Hall–Kier alpha value is 0.830. The molecule has 8 rings (SSSR count). The number of hydrogen-bond acceptors (Lipinski definition) is 28. The van der Waals surface area contributed by atoms with Crippen molar-refractivity contribution in [3.05, 3.63) is 0 Å². The van der Waals surface area contributed by atoms with Gasteiger partial charge in [-0.3, -0.25) is 0 Å². The summed E-state index contributed by atoms with van der Waals surface area (Å²) in [6.07, 6.45) is -5.71. The lowest BCUT2D eigenvalue weighted by Crippen LogP contribution is -2.34. The molecule has 6 N–H and O–H groups in total. The maximum atomic E-state index is 12.4. The van der Waals surface area contributed by atoms with E-state index in [1.807, 2.05) is 96.4 Å². The van der Waals surface area contributed by atoms with E-state index in [1.54, 1.807) is 14.2 Å². The normalized spacial score (nSPS) is 46.0. The van der Waals surface area contributed by atoms with Gasteiger partial charge >= 0.3 is 8.25 Å². The lowest BCUT2D eigenvalue weighted by Gasteiger charge is -2.34. The van der Waals surface area contributed by atoms with Crippen LogP contribution < -0.4 is 4.89 Å². The summed E-state index contributed by atoms with van der Waals surface area (Å²) in [5, 5.41) is 57.6. The molecular weight excluding hydrogens is 1320 g/mol. The topological polar surface area (TPSA) is 328 Å². The summed E-state index contributed by atoms with van der Waals surface area (Å²) in [7, 11) is -0.0234. The zero-order valence-electron chi connectivity index (χ0n) is 57.6. The molecule has 8 fully saturated rings. The quantitative estimate of drug-likeness (QED) is 0.0559. The smallest absolute Gasteiger partial charge is 0.697 e. The maximum Gasteiger partial charge on any atom is 0.697 e. The maximum absolute atomic E-state index is 12.4. The largest absolute Gasteiger partial charge is 0.780 e. The van der Waals surface area contributed by atoms with Crippen molar-refractivity contribution < 1.29 is 124 Å². The van der Waals surface area contributed by atoms with E-state index in [0.717, 1.165) is 0 Å². The van der Waals surface area contributed by atoms with Gasteiger partial charge in [-0.05, 0) is 67.2 Å². The molecule has 8 aliphatic rings. The molecule has 0 amide bonds. The monoisotopic (exact) mass is 1440 g/mol. The van der Waals surface area contributed by atoms with Crippen molar-refractivity contribution in [2.75, 3.05) is 80.4 Å². The van der Waals surface area contributed by atoms with Gasteiger partial charge in [-0.1, -0.05) is 67.2 Å². The van der Waals surface area contributed by atoms with Crippen LogP contribution in [-0.2, 0) is 112 Å². The van der Waals surface area contributed by atoms with E-state index in [4.69, 9.17) is 107 Å². The molecule has 0 aromatic carbocycles. The molecule has 92 heavy (non-hydrogen) atoms. The summed E-state index contributed by atoms with van der Waals surface area (Å²) in [5.41, 5.74) is 0. The van der Waals surface area contributed by atoms with Crippen LogP contribution in [0.3, 0.4) is 0 Å². The van der Waals surface area contributed by atoms with Gasteiger partial charge in [0.05, 0.1) is 138 Å². The Balaban J connectivity index is 0.000000223. The Morgan fingerprint density at radius 1 is 0.435 bits per heavy atom. The highest BCUT2D eigenvalue weighted by Gasteiger charge is 2.50. The number of ether oxygens (including phenoxy) is 10. The van der Waals surface area contributed by atoms with Crippen molar-refractivity contribution in [2.45, 2.75) is 257 Å². The predicted molar refractivity (Wildman–Crippen MR) is 348 cm³/mol. The van der Waals surface area contributed by atoms with Gasteiger partial charge in [0.15, 0.2) is 14.9 Å². The number of aliphatic hydroxyl groups is 6. The van der Waals surface area contributed by atoms with E-state index in [0.29, 0.717) is 25.0 Å². The Morgan fingerprint density at radius 2 is 0.750 bits per heavy atom. The summed E-state index contributed by atoms with van der Waals surface area (Å²) in [6.45, 7) is 29.2. The van der Waals surface area contributed by atoms with E-state index < -0.39 is 78.7 Å². The summed E-state index contributed by atoms with van der Waals surface area (Å²) < 4.78 is 114. The minimum Gasteiger partial charge on any atom is -0.780 e. The lowest BCUT2D eigenvalue weighted by molar-refractivity contribution is -0.216. The molecule has 0 aromatic heterocycles. The van der Waals surface area contributed by atoms with E-state index in [2.05, 4.69) is 27.7 Å². The van der Waals surface area contributed by atoms with Gasteiger partial charge in [0.2, 0.25) is 0 Å². The third-order valence-electron chi connectivity index (χ3n) is 20.1. The van der Waals surface area contributed by atoms with E-state index in [1.165, 1.54) is 0 Å². The van der Waals surface area contributed by atoms with Crippen LogP contribution in [0.2, 0.25) is 0 Å². The zero-order valence-corrected chi connectivity index (χ0v) is 62.8. The van der Waals surface area contributed by atoms with Crippen molar-refractivity contribution in [3.8, 4) is 0 Å². The van der Waals surface area contributed by atoms with Crippen molar-refractivity contribution in [2.24, 2.45) is 47.3 Å². The van der Waals surface area contributed by atoms with Crippen LogP contribution in [0.5, 0.6) is 0 Å². The molecule has 0 spiro atoms. The first-order valence-electron chi connectivity index (χ1n) is 32.5. The van der Waals surface area contributed by atoms with Gasteiger partial charge in [-0.2, -0.15) is 0 Å². The molecule has 542 valence electrons. The SMILES string of the molecule is CO[C@H]1[C@@H](C)[C@H](C)O[C@@H]1COP(C)(=S)O[C@H]1[C@@H](C)[C@H](C)O[C@@H]1CO.CO[C@H]1[C@@H](C)[C@H](C)O[C@@H]1COP(C)O[C@H]1[C@@H](C)[C@H](C)O[C@@H]1CO.C[C@@H]1[C@H](O)[C@@H](COP([O-])(=S)O[C@H]2[C@@H](C)[C@H](C)O[C@@H]2CO)O[C@H]1C.C[C@@H]1[C@H](O)[C@@H](CO[P+](=O)O[C@H]2[C@@H](C)[C@H](C)O[C@@H]2CO)O[C@H]1C. The molecule has 26 nitrogen and oxygen atoms in total. The second-order valence-corrected chi connectivity index (χ2v) is 35.3. The molecule has 0 aliphatic carbocycles. The second-order valence-electron chi connectivity index (χ2n) is 26.4. The lowest BCUT2D eigenvalue weighted by atomic mass is 9.99. The van der Waals surface area contributed by atoms with E-state index in [9.17, 15) is 40.1 Å². The molecule has 0 bridgehead atoms. The average molecular weight is 1440 g/mol. The van der Waals surface area contributed by atoms with Gasteiger partial charge in [0.1, 0.15) is 68.3 Å². The Kier molecular flexibility index (Phi) is 34.7. The highest BCUT2D eigenvalue weighted by atomic mass is 32.5. The van der Waals surface area contributed by atoms with Crippen LogP contribution in [0.4, 0.5) is 0 Å². The molecule has 32 heteroatoms. The molecule has 4 unspecified atom stereocenters. The minimum absolute atomic E-state index is 0.00560. The van der Waals surface area contributed by atoms with Crippen molar-refractivity contribution in [1.29, 1.82) is 0 Å². The van der Waals surface area contributed by atoms with Crippen LogP contribution in [0.15, 0.2) is 0 Å². The predicted octanol–water partition coefficient (Wildman–Crippen LogP) is 5.78. The molecule has 8 aliphatic heterocycles. The van der Waals surface area contributed by atoms with Crippen LogP contribution >= 0.6 is 29.8 Å². The number of hydrogen-bond donors (Lipinski definition) is 6. The third kappa shape index (κ3) is 22.4. The van der Waals surface area contributed by atoms with Crippen molar-refractivity contribution >= 4 is 53.5 Å². The fraction of sp³-hybridized carbons (Fsp3) is 1.00. The molecule has 8 saturated heterocycles. The first-order chi connectivity index (χ1) is 43.1. The third-order valence-corrected chi connectivity index (χ3v) is 25.3. The summed E-state index contributed by atoms with van der Waals surface area (Å²) in [5.74, 6) is 0.959. The standard InChI is InChI=1S/C16H31O6PS.C16H31O6P.C14H27O7PS.C14H26O7P/c1-9-11(3)21-14(15(9)18-5)8-19-23(6,24)22-16-10(2)12(4)20-13(16)7-17;1-9-11(3)21-14(15(9)18-5)8-19-23(6)22-16-10(2)12(4)20-13(16)7-17;1-7-9(3)20-12(13(7)16)6-18-22(17,23)21-14-8(2)10(4)19-11(14)5-15;1-7-9(3)20-12(13(7)16)6-18-22(17)21-14-8(2)10(4)19-11(14)5-15/h9-17H,7-8H2,1-6H3;9-17H,7-8H2,1-6H3;7-16H,5-6H2,1-4H3,(H,17,23);7-16H,5-6H2,1-4H3/q;;;+1/p-1/t2*9-,10-,11-,12-,13+,14+,15-,16-,23?;7-,8-,9-,10-,11+,12+,13-,14-,22?;7-,8-,9-,10-,11+,12+,13-,14-/m0000/s1. The molecule has 0 aromatic rings. The number of rotatable bonds is 26. The number of methoxy groups -OCH3 is 2. The number of aliphatic hydroxyl groups excluding tert-OH is 6. The summed E-state index contributed by atoms with van der Waals surface area (Å²) in [4.78, 5) is 12.4. The van der Waals surface area contributed by atoms with E-state index >= 15 is 0 Å². The highest BCUT2D eigenvalue weighted by molar-refractivity contribution is 8.09. The van der Waals surface area contributed by atoms with Gasteiger partial charge < -0.3 is 110 Å². The van der Waals surface area contributed by atoms with Gasteiger partial charge in [-0.25, -0.2) is 0 Å². The Morgan fingerprint density at radius 3 is 1.15 bits per heavy atom. The molecule has 8 heterocycles. The van der Waals surface area contributed by atoms with Gasteiger partial charge in [-0.15, -0.1) is 9.05 Å². The average Bonchev–Trinajstić information content (AvgIpc) is 2.17. The van der Waals surface area contributed by atoms with E-state index in [-0.39, 0.29) is 173 Å². The van der Waals surface area contributed by atoms with Crippen LogP contribution in [-0.4, -0.2) is 258 Å². The van der Waals surface area contributed by atoms with Crippen LogP contribution in [0, 0.1) is 47.3 Å². The van der Waals surface area contributed by atoms with Crippen molar-refractivity contribution in [3.63, 3.8) is 0 Å². The zero-order chi connectivity index (χ0) is 69.0. The molecular formula is C60H114O26P4S2. The fourth-order valence-electron chi connectivity index (χ4n) is 12.7. The molecule has 36 atom stereocenters. The Labute approximate surface area is 559 Å². The first-order valence-corrected chi connectivity index (χ1v) is 40.9. The minimum atomic E-state index is -3.77. The van der Waals surface area contributed by atoms with Crippen LogP contribution in [0.25, 0.3) is 0 Å². The van der Waals surface area contributed by atoms with Crippen LogP contribution in [0.1, 0.15) is 111 Å². The summed E-state index contributed by atoms with van der Waals surface area (Å²) >= 11 is 10.5. The van der Waals surface area contributed by atoms with Gasteiger partial charge in [0, 0.05) is 79.5 Å². The fourth-order valence-corrected chi connectivity index (χ4v) is 17.8.